The standard InChI is InChI=1S/C15H24O2/c1-14(2)6-9-12(7-14)15(3)5-4-11(15)10(8-16)13(9)17/h9,12-13,16-17H,4-8H2,1-3H3. The monoisotopic (exact) mass is 236 g/mol. The molecule has 17 heavy (non-hydrogen) atoms. The SMILES string of the molecule is CC1(C)CC2C(O)C(CO)=C3CCC3(C)C2C1. The molecule has 3 aliphatic carbocycles. The molecule has 2 heteroatoms. The molecule has 4 unspecified atom stereocenters. The smallest absolute Gasteiger partial charge is 0.0806 e. The minimum atomic E-state index is -0.379. The van der Waals surface area contributed by atoms with E-state index in [1.165, 1.54) is 18.4 Å². The maximum absolute atomic E-state index is 10.5. The van der Waals surface area contributed by atoms with Crippen LogP contribution in [-0.2, 0) is 0 Å². The summed E-state index contributed by atoms with van der Waals surface area (Å²) >= 11 is 0. The Kier molecular flexibility index (Phi) is 2.32. The first-order chi connectivity index (χ1) is 7.89. The zero-order valence-electron chi connectivity index (χ0n) is 11.2. The van der Waals surface area contributed by atoms with E-state index in [9.17, 15) is 10.2 Å². The van der Waals surface area contributed by atoms with Gasteiger partial charge in [0.1, 0.15) is 0 Å². The fraction of sp³-hybridized carbons (Fsp3) is 0.867. The number of allylic oxidation sites excluding steroid dienone is 1. The van der Waals surface area contributed by atoms with Crippen LogP contribution in [0.25, 0.3) is 0 Å². The summed E-state index contributed by atoms with van der Waals surface area (Å²) in [4.78, 5) is 0. The molecule has 0 saturated heterocycles. The Morgan fingerprint density at radius 3 is 2.47 bits per heavy atom. The van der Waals surface area contributed by atoms with Crippen LogP contribution in [0.15, 0.2) is 11.1 Å². The fourth-order valence-electron chi connectivity index (χ4n) is 4.85. The second-order valence-electron chi connectivity index (χ2n) is 7.37. The Balaban J connectivity index is 2.03. The summed E-state index contributed by atoms with van der Waals surface area (Å²) in [6, 6.07) is 0. The molecule has 3 aliphatic rings. The van der Waals surface area contributed by atoms with Gasteiger partial charge in [0.25, 0.3) is 0 Å². The van der Waals surface area contributed by atoms with Gasteiger partial charge < -0.3 is 10.2 Å². The summed E-state index contributed by atoms with van der Waals surface area (Å²) in [5.41, 5.74) is 2.98. The molecule has 0 aliphatic heterocycles. The van der Waals surface area contributed by atoms with Gasteiger partial charge in [0.2, 0.25) is 0 Å². The number of aliphatic hydroxyl groups is 2. The van der Waals surface area contributed by atoms with Gasteiger partial charge >= 0.3 is 0 Å². The van der Waals surface area contributed by atoms with Crippen LogP contribution < -0.4 is 0 Å². The predicted octanol–water partition coefficient (Wildman–Crippen LogP) is 2.50. The third-order valence-electron chi connectivity index (χ3n) is 5.80. The second-order valence-corrected chi connectivity index (χ2v) is 7.37. The van der Waals surface area contributed by atoms with Crippen molar-refractivity contribution in [3.63, 3.8) is 0 Å². The van der Waals surface area contributed by atoms with Crippen LogP contribution in [0.2, 0.25) is 0 Å². The zero-order valence-corrected chi connectivity index (χ0v) is 11.2. The van der Waals surface area contributed by atoms with Crippen molar-refractivity contribution < 1.29 is 10.2 Å². The van der Waals surface area contributed by atoms with E-state index in [1.54, 1.807) is 0 Å². The maximum atomic E-state index is 10.5. The number of rotatable bonds is 1. The summed E-state index contributed by atoms with van der Waals surface area (Å²) in [6.07, 6.45) is 4.29. The summed E-state index contributed by atoms with van der Waals surface area (Å²) < 4.78 is 0. The number of aliphatic hydroxyl groups excluding tert-OH is 2. The lowest BCUT2D eigenvalue weighted by Crippen LogP contribution is -2.49. The third kappa shape index (κ3) is 1.40. The van der Waals surface area contributed by atoms with Crippen molar-refractivity contribution in [3.05, 3.63) is 11.1 Å². The minimum absolute atomic E-state index is 0.0513. The first kappa shape index (κ1) is 11.7. The van der Waals surface area contributed by atoms with E-state index in [2.05, 4.69) is 20.8 Å². The average molecular weight is 236 g/mol. The van der Waals surface area contributed by atoms with Crippen LogP contribution in [0.4, 0.5) is 0 Å². The summed E-state index contributed by atoms with van der Waals surface area (Å²) in [6.45, 7) is 7.04. The van der Waals surface area contributed by atoms with Gasteiger partial charge in [-0.25, -0.2) is 0 Å². The normalized spacial score (nSPS) is 47.5. The third-order valence-corrected chi connectivity index (χ3v) is 5.80. The highest BCUT2D eigenvalue weighted by molar-refractivity contribution is 5.37. The summed E-state index contributed by atoms with van der Waals surface area (Å²) in [7, 11) is 0. The molecule has 0 aromatic carbocycles. The number of hydrogen-bond donors (Lipinski definition) is 2. The molecule has 0 radical (unpaired) electrons. The maximum Gasteiger partial charge on any atom is 0.0806 e. The van der Waals surface area contributed by atoms with Crippen LogP contribution in [0, 0.1) is 22.7 Å². The molecule has 2 fully saturated rings. The lowest BCUT2D eigenvalue weighted by Gasteiger charge is -2.55. The predicted molar refractivity (Wildman–Crippen MR) is 67.5 cm³/mol. The van der Waals surface area contributed by atoms with Gasteiger partial charge in [-0.05, 0) is 53.9 Å². The van der Waals surface area contributed by atoms with Gasteiger partial charge in [-0.15, -0.1) is 0 Å². The molecular formula is C15H24O2. The van der Waals surface area contributed by atoms with Crippen LogP contribution >= 0.6 is 0 Å². The molecule has 0 amide bonds. The molecule has 3 rings (SSSR count). The van der Waals surface area contributed by atoms with E-state index in [4.69, 9.17) is 0 Å². The van der Waals surface area contributed by atoms with Gasteiger partial charge in [0, 0.05) is 0 Å². The molecule has 2 nitrogen and oxygen atoms in total. The largest absolute Gasteiger partial charge is 0.392 e. The molecule has 96 valence electrons. The molecule has 0 aromatic heterocycles. The van der Waals surface area contributed by atoms with E-state index in [1.807, 2.05) is 0 Å². The molecule has 0 bridgehead atoms. The molecule has 0 aromatic rings. The lowest BCUT2D eigenvalue weighted by atomic mass is 9.51. The number of fused-ring (bicyclic) bond motifs is 3. The van der Waals surface area contributed by atoms with E-state index in [-0.39, 0.29) is 18.1 Å². The summed E-state index contributed by atoms with van der Waals surface area (Å²) in [5.74, 6) is 1.01. The Labute approximate surface area is 104 Å². The van der Waals surface area contributed by atoms with Crippen LogP contribution in [0.5, 0.6) is 0 Å². The van der Waals surface area contributed by atoms with Gasteiger partial charge in [-0.1, -0.05) is 26.3 Å². The molecular weight excluding hydrogens is 212 g/mol. The second kappa shape index (κ2) is 3.36. The summed E-state index contributed by atoms with van der Waals surface area (Å²) in [5, 5.41) is 20.0. The van der Waals surface area contributed by atoms with Crippen molar-refractivity contribution in [1.29, 1.82) is 0 Å². The van der Waals surface area contributed by atoms with Crippen LogP contribution in [0.1, 0.15) is 46.5 Å². The highest BCUT2D eigenvalue weighted by atomic mass is 16.3. The lowest BCUT2D eigenvalue weighted by molar-refractivity contribution is 0.0106. The average Bonchev–Trinajstić information content (AvgIpc) is 2.57. The first-order valence-electron chi connectivity index (χ1n) is 6.90. The van der Waals surface area contributed by atoms with Gasteiger partial charge in [-0.3, -0.25) is 0 Å². The van der Waals surface area contributed by atoms with E-state index < -0.39 is 0 Å². The van der Waals surface area contributed by atoms with Crippen molar-refractivity contribution in [3.8, 4) is 0 Å². The Morgan fingerprint density at radius 1 is 1.24 bits per heavy atom. The van der Waals surface area contributed by atoms with Crippen molar-refractivity contribution in [2.24, 2.45) is 22.7 Å². The van der Waals surface area contributed by atoms with Crippen molar-refractivity contribution in [2.75, 3.05) is 6.61 Å². The van der Waals surface area contributed by atoms with Gasteiger partial charge in [0.15, 0.2) is 0 Å². The molecule has 4 atom stereocenters. The van der Waals surface area contributed by atoms with E-state index in [0.29, 0.717) is 17.3 Å². The van der Waals surface area contributed by atoms with E-state index >= 15 is 0 Å². The minimum Gasteiger partial charge on any atom is -0.392 e. The highest BCUT2D eigenvalue weighted by Crippen LogP contribution is 2.66. The van der Waals surface area contributed by atoms with Crippen molar-refractivity contribution in [2.45, 2.75) is 52.6 Å². The van der Waals surface area contributed by atoms with Crippen molar-refractivity contribution in [1.82, 2.24) is 0 Å². The molecule has 2 N–H and O–H groups in total. The topological polar surface area (TPSA) is 40.5 Å². The van der Waals surface area contributed by atoms with Gasteiger partial charge in [0.05, 0.1) is 12.7 Å². The first-order valence-corrected chi connectivity index (χ1v) is 6.90. The molecule has 0 spiro atoms. The fourth-order valence-corrected chi connectivity index (χ4v) is 4.85. The molecule has 2 saturated carbocycles. The Morgan fingerprint density at radius 2 is 1.94 bits per heavy atom. The Hall–Kier alpha value is -0.340. The van der Waals surface area contributed by atoms with Crippen molar-refractivity contribution >= 4 is 0 Å². The van der Waals surface area contributed by atoms with Crippen LogP contribution in [0.3, 0.4) is 0 Å². The molecule has 0 heterocycles. The highest BCUT2D eigenvalue weighted by Gasteiger charge is 2.58. The van der Waals surface area contributed by atoms with Gasteiger partial charge in [-0.2, -0.15) is 0 Å². The van der Waals surface area contributed by atoms with Crippen LogP contribution in [-0.4, -0.2) is 22.9 Å². The van der Waals surface area contributed by atoms with E-state index in [0.717, 1.165) is 18.4 Å². The zero-order chi connectivity index (χ0) is 12.4. The Bertz CT molecular complexity index is 378. The quantitative estimate of drug-likeness (QED) is 0.687. The number of hydrogen-bond acceptors (Lipinski definition) is 2.